The highest BCUT2D eigenvalue weighted by Crippen LogP contribution is 2.40. The van der Waals surface area contributed by atoms with Crippen molar-refractivity contribution in [2.45, 2.75) is 26.3 Å². The molecule has 0 bridgehead atoms. The second-order valence-corrected chi connectivity index (χ2v) is 11.4. The number of carbonyl (C=O) groups excluding carboxylic acids is 3. The van der Waals surface area contributed by atoms with Crippen LogP contribution in [0, 0.1) is 5.92 Å². The minimum absolute atomic E-state index is 0.0753. The number of hydrogen-bond acceptors (Lipinski definition) is 5. The maximum Gasteiger partial charge on any atom is 0.247 e. The molecule has 0 spiro atoms. The number of nitrogens with zero attached hydrogens (tertiary/aromatic N) is 4. The van der Waals surface area contributed by atoms with Gasteiger partial charge in [-0.1, -0.05) is 60.7 Å². The topological polar surface area (TPSA) is 98.8 Å². The minimum atomic E-state index is -1.13. The monoisotopic (exact) mass is 613 g/mol. The quantitative estimate of drug-likeness (QED) is 0.194. The smallest absolute Gasteiger partial charge is 0.247 e. The normalized spacial score (nSPS) is 14.7. The van der Waals surface area contributed by atoms with Crippen LogP contribution in [0.3, 0.4) is 0 Å². The Balaban J connectivity index is 1.40. The Morgan fingerprint density at radius 3 is 2.13 bits per heavy atom. The molecular weight excluding hydrogens is 578 g/mol. The van der Waals surface area contributed by atoms with Crippen LogP contribution in [-0.2, 0) is 20.8 Å². The molecule has 6 rings (SSSR count). The first kappa shape index (κ1) is 30.3. The van der Waals surface area contributed by atoms with Crippen LogP contribution >= 0.6 is 0 Å². The van der Waals surface area contributed by atoms with Crippen LogP contribution in [0.5, 0.6) is 5.75 Å². The summed E-state index contributed by atoms with van der Waals surface area (Å²) in [6.07, 6.45) is 0.0753. The zero-order valence-corrected chi connectivity index (χ0v) is 26.0. The van der Waals surface area contributed by atoms with Crippen molar-refractivity contribution in [2.75, 3.05) is 28.4 Å². The number of methoxy groups -OCH3 is 1. The number of ether oxygens (including phenoxy) is 1. The number of benzene rings is 4. The number of para-hydroxylation sites is 3. The molecule has 232 valence electrons. The maximum absolute atomic E-state index is 14.6. The van der Waals surface area contributed by atoms with E-state index >= 15 is 0 Å². The molecular formula is C37H35N5O4. The van der Waals surface area contributed by atoms with Crippen molar-refractivity contribution in [1.82, 2.24) is 10.2 Å². The highest BCUT2D eigenvalue weighted by molar-refractivity contribution is 6.21. The van der Waals surface area contributed by atoms with Gasteiger partial charge in [0.1, 0.15) is 18.2 Å². The summed E-state index contributed by atoms with van der Waals surface area (Å²) < 4.78 is 5.30. The molecule has 5 aromatic rings. The fourth-order valence-corrected chi connectivity index (χ4v) is 5.88. The molecule has 9 nitrogen and oxygen atoms in total. The Kier molecular flexibility index (Phi) is 8.65. The van der Waals surface area contributed by atoms with E-state index in [0.29, 0.717) is 39.9 Å². The average Bonchev–Trinajstić information content (AvgIpc) is 3.53. The largest absolute Gasteiger partial charge is 0.497 e. The molecule has 0 saturated heterocycles. The Morgan fingerprint density at radius 2 is 1.48 bits per heavy atom. The van der Waals surface area contributed by atoms with Gasteiger partial charge in [0.15, 0.2) is 0 Å². The summed E-state index contributed by atoms with van der Waals surface area (Å²) in [4.78, 5) is 47.9. The fourth-order valence-electron chi connectivity index (χ4n) is 5.88. The zero-order valence-electron chi connectivity index (χ0n) is 26.0. The van der Waals surface area contributed by atoms with Gasteiger partial charge in [0.25, 0.3) is 0 Å². The van der Waals surface area contributed by atoms with Crippen molar-refractivity contribution in [3.05, 3.63) is 121 Å². The third-order valence-electron chi connectivity index (χ3n) is 8.06. The van der Waals surface area contributed by atoms with E-state index in [2.05, 4.69) is 10.2 Å². The lowest BCUT2D eigenvalue weighted by atomic mass is 9.99. The highest BCUT2D eigenvalue weighted by atomic mass is 16.5. The first-order valence-corrected chi connectivity index (χ1v) is 15.2. The van der Waals surface area contributed by atoms with E-state index in [1.807, 2.05) is 105 Å². The summed E-state index contributed by atoms with van der Waals surface area (Å²) in [6.45, 7) is 3.59. The first-order chi connectivity index (χ1) is 22.4. The zero-order chi connectivity index (χ0) is 32.2. The molecule has 3 amide bonds. The van der Waals surface area contributed by atoms with E-state index in [1.54, 1.807) is 41.2 Å². The van der Waals surface area contributed by atoms with Crippen molar-refractivity contribution in [3.8, 4) is 17.0 Å². The lowest BCUT2D eigenvalue weighted by Crippen LogP contribution is -2.48. The molecule has 0 saturated carbocycles. The van der Waals surface area contributed by atoms with Crippen LogP contribution in [0.2, 0.25) is 0 Å². The van der Waals surface area contributed by atoms with Crippen LogP contribution in [0.25, 0.3) is 11.3 Å². The van der Waals surface area contributed by atoms with E-state index in [1.165, 1.54) is 4.90 Å². The van der Waals surface area contributed by atoms with Crippen molar-refractivity contribution < 1.29 is 19.1 Å². The molecule has 1 aromatic heterocycles. The molecule has 46 heavy (non-hydrogen) atoms. The summed E-state index contributed by atoms with van der Waals surface area (Å²) in [7, 11) is 1.59. The SMILES string of the molecule is COc1ccc(N(C(=O)CN2C(=O)C(Cc3cc(-c4ccccc4)n[nH]3)C(=O)N(c3ccccc3)c3ccccc32)C(C)C)cc1. The van der Waals surface area contributed by atoms with E-state index < -0.39 is 11.8 Å². The van der Waals surface area contributed by atoms with Gasteiger partial charge in [0.05, 0.1) is 24.2 Å². The van der Waals surface area contributed by atoms with Crippen LogP contribution in [0.15, 0.2) is 115 Å². The van der Waals surface area contributed by atoms with E-state index in [4.69, 9.17) is 4.74 Å². The molecule has 4 aromatic carbocycles. The standard InChI is InChI=1S/C37H35N5O4/c1-25(2)41(29-18-20-30(46-3)21-19-29)35(43)24-40-33-16-10-11-17-34(33)42(28-14-8-5-9-15-28)37(45)31(36(40)44)22-27-23-32(39-38-27)26-12-6-4-7-13-26/h4-21,23,25,31H,22,24H2,1-3H3,(H,38,39). The van der Waals surface area contributed by atoms with E-state index in [9.17, 15) is 14.4 Å². The number of amides is 3. The van der Waals surface area contributed by atoms with Gasteiger partial charge < -0.3 is 14.5 Å². The Morgan fingerprint density at radius 1 is 0.848 bits per heavy atom. The van der Waals surface area contributed by atoms with Crippen molar-refractivity contribution in [2.24, 2.45) is 5.92 Å². The van der Waals surface area contributed by atoms with Gasteiger partial charge in [-0.05, 0) is 68.4 Å². The molecule has 1 atom stereocenters. The Labute approximate surface area is 268 Å². The third-order valence-corrected chi connectivity index (χ3v) is 8.06. The van der Waals surface area contributed by atoms with Gasteiger partial charge in [-0.3, -0.25) is 24.4 Å². The molecule has 0 aliphatic carbocycles. The van der Waals surface area contributed by atoms with Crippen molar-refractivity contribution in [1.29, 1.82) is 0 Å². The number of rotatable bonds is 9. The van der Waals surface area contributed by atoms with Gasteiger partial charge in [0, 0.05) is 35.1 Å². The second kappa shape index (κ2) is 13.1. The number of nitrogens with one attached hydrogen (secondary N) is 1. The van der Waals surface area contributed by atoms with Crippen LogP contribution in [-0.4, -0.2) is 47.6 Å². The number of fused-ring (bicyclic) bond motifs is 1. The number of carbonyl (C=O) groups is 3. The number of aromatic nitrogens is 2. The third kappa shape index (κ3) is 5.99. The molecule has 1 N–H and O–H groups in total. The van der Waals surface area contributed by atoms with E-state index in [0.717, 1.165) is 5.56 Å². The molecule has 1 aliphatic heterocycles. The van der Waals surface area contributed by atoms with Gasteiger partial charge in [-0.15, -0.1) is 0 Å². The van der Waals surface area contributed by atoms with Gasteiger partial charge in [0.2, 0.25) is 17.7 Å². The summed E-state index contributed by atoms with van der Waals surface area (Å²) in [5.41, 5.74) is 4.58. The van der Waals surface area contributed by atoms with Crippen molar-refractivity contribution in [3.63, 3.8) is 0 Å². The summed E-state index contributed by atoms with van der Waals surface area (Å²) >= 11 is 0. The number of anilines is 4. The number of aromatic amines is 1. The molecule has 1 aliphatic rings. The van der Waals surface area contributed by atoms with E-state index in [-0.39, 0.29) is 30.8 Å². The summed E-state index contributed by atoms with van der Waals surface area (Å²) in [5.74, 6) is -1.58. The Hall–Kier alpha value is -5.70. The molecule has 2 heterocycles. The van der Waals surface area contributed by atoms with Gasteiger partial charge in [-0.25, -0.2) is 0 Å². The summed E-state index contributed by atoms with van der Waals surface area (Å²) in [6, 6.07) is 35.1. The molecule has 0 radical (unpaired) electrons. The maximum atomic E-state index is 14.6. The molecule has 1 unspecified atom stereocenters. The lowest BCUT2D eigenvalue weighted by molar-refractivity contribution is -0.132. The number of H-pyrrole nitrogens is 1. The van der Waals surface area contributed by atoms with Crippen LogP contribution in [0.4, 0.5) is 22.7 Å². The highest BCUT2D eigenvalue weighted by Gasteiger charge is 2.42. The molecule has 9 heteroatoms. The second-order valence-electron chi connectivity index (χ2n) is 11.4. The summed E-state index contributed by atoms with van der Waals surface area (Å²) in [5, 5.41) is 7.49. The predicted molar refractivity (Wildman–Crippen MR) is 179 cm³/mol. The number of hydrogen-bond donors (Lipinski definition) is 1. The fraction of sp³-hybridized carbons (Fsp3) is 0.189. The van der Waals surface area contributed by atoms with Crippen molar-refractivity contribution >= 4 is 40.5 Å². The first-order valence-electron chi connectivity index (χ1n) is 15.2. The lowest BCUT2D eigenvalue weighted by Gasteiger charge is -2.31. The van der Waals surface area contributed by atoms with Crippen LogP contribution in [0.1, 0.15) is 19.5 Å². The molecule has 0 fully saturated rings. The Bertz CT molecular complexity index is 1840. The van der Waals surface area contributed by atoms with Gasteiger partial charge >= 0.3 is 0 Å². The van der Waals surface area contributed by atoms with Gasteiger partial charge in [-0.2, -0.15) is 5.10 Å². The minimum Gasteiger partial charge on any atom is -0.497 e. The predicted octanol–water partition coefficient (Wildman–Crippen LogP) is 6.40. The van der Waals surface area contributed by atoms with Crippen LogP contribution < -0.4 is 19.4 Å². The average molecular weight is 614 g/mol.